The molecule has 1 amide bonds. The maximum Gasteiger partial charge on any atom is 0.338 e. The summed E-state index contributed by atoms with van der Waals surface area (Å²) in [7, 11) is 0. The van der Waals surface area contributed by atoms with Crippen LogP contribution in [0.3, 0.4) is 0 Å². The molecule has 0 radical (unpaired) electrons. The van der Waals surface area contributed by atoms with E-state index in [-0.39, 0.29) is 5.91 Å². The first-order valence-electron chi connectivity index (χ1n) is 8.37. The molecule has 2 aromatic rings. The van der Waals surface area contributed by atoms with Crippen molar-refractivity contribution in [2.75, 3.05) is 11.9 Å². The molecule has 0 heterocycles. The van der Waals surface area contributed by atoms with Gasteiger partial charge in [0, 0.05) is 5.69 Å². The number of benzene rings is 2. The fourth-order valence-electron chi connectivity index (χ4n) is 2.24. The molecule has 0 fully saturated rings. The molecule has 5 nitrogen and oxygen atoms in total. The summed E-state index contributed by atoms with van der Waals surface area (Å²) in [4.78, 5) is 24.0. The molecule has 5 heteroatoms. The summed E-state index contributed by atoms with van der Waals surface area (Å²) in [6.07, 6.45) is 0.244. The van der Waals surface area contributed by atoms with E-state index in [1.54, 1.807) is 38.1 Å². The van der Waals surface area contributed by atoms with Gasteiger partial charge >= 0.3 is 5.97 Å². The van der Waals surface area contributed by atoms with Gasteiger partial charge < -0.3 is 14.8 Å². The van der Waals surface area contributed by atoms with Gasteiger partial charge in [-0.25, -0.2) is 4.79 Å². The van der Waals surface area contributed by atoms with E-state index >= 15 is 0 Å². The second-order valence-corrected chi connectivity index (χ2v) is 5.55. The first-order valence-corrected chi connectivity index (χ1v) is 8.37. The number of aryl methyl sites for hydroxylation is 1. The third-order valence-corrected chi connectivity index (χ3v) is 3.66. The third kappa shape index (κ3) is 5.35. The topological polar surface area (TPSA) is 64.6 Å². The lowest BCUT2D eigenvalue weighted by molar-refractivity contribution is -0.122. The Labute approximate surface area is 148 Å². The van der Waals surface area contributed by atoms with Crippen molar-refractivity contribution < 1.29 is 19.1 Å². The van der Waals surface area contributed by atoms with E-state index < -0.39 is 12.1 Å². The van der Waals surface area contributed by atoms with Gasteiger partial charge in [0.2, 0.25) is 0 Å². The van der Waals surface area contributed by atoms with Crippen LogP contribution < -0.4 is 10.1 Å². The van der Waals surface area contributed by atoms with Gasteiger partial charge in [-0.1, -0.05) is 25.1 Å². The average Bonchev–Trinajstić information content (AvgIpc) is 2.62. The Balaban J connectivity index is 1.98. The first-order chi connectivity index (χ1) is 12.0. The molecule has 1 N–H and O–H groups in total. The van der Waals surface area contributed by atoms with Gasteiger partial charge in [0.25, 0.3) is 5.91 Å². The van der Waals surface area contributed by atoms with Crippen molar-refractivity contribution in [1.82, 2.24) is 0 Å². The van der Waals surface area contributed by atoms with Gasteiger partial charge in [0.1, 0.15) is 5.75 Å². The second-order valence-electron chi connectivity index (χ2n) is 5.55. The van der Waals surface area contributed by atoms with Crippen molar-refractivity contribution >= 4 is 17.6 Å². The zero-order valence-electron chi connectivity index (χ0n) is 14.7. The number of rotatable bonds is 7. The molecule has 0 aromatic heterocycles. The largest absolute Gasteiger partial charge is 0.481 e. The lowest BCUT2D eigenvalue weighted by Crippen LogP contribution is -2.30. The molecule has 132 valence electrons. The molecule has 2 aromatic carbocycles. The first kappa shape index (κ1) is 18.5. The minimum absolute atomic E-state index is 0.259. The number of ether oxygens (including phenoxy) is 2. The Morgan fingerprint density at radius 2 is 1.80 bits per heavy atom. The van der Waals surface area contributed by atoms with Gasteiger partial charge in [0.05, 0.1) is 12.2 Å². The molecule has 0 unspecified atom stereocenters. The van der Waals surface area contributed by atoms with Crippen LogP contribution in [0.2, 0.25) is 0 Å². The van der Waals surface area contributed by atoms with Crippen molar-refractivity contribution in [2.24, 2.45) is 0 Å². The summed E-state index contributed by atoms with van der Waals surface area (Å²) in [6, 6.07) is 14.3. The fraction of sp³-hybridized carbons (Fsp3) is 0.300. The standard InChI is InChI=1S/C20H23NO4/c1-4-15-9-11-17(12-10-15)21-19(22)14(3)25-18-8-6-7-16(13-18)20(23)24-5-2/h6-14H,4-5H2,1-3H3,(H,21,22)/t14-/m1/s1. The van der Waals surface area contributed by atoms with Crippen LogP contribution in [0.1, 0.15) is 36.7 Å². The highest BCUT2D eigenvalue weighted by Crippen LogP contribution is 2.17. The highest BCUT2D eigenvalue weighted by molar-refractivity contribution is 5.94. The Hall–Kier alpha value is -2.82. The SMILES string of the molecule is CCOC(=O)c1cccc(O[C@H](C)C(=O)Nc2ccc(CC)cc2)c1. The van der Waals surface area contributed by atoms with Crippen LogP contribution in [-0.2, 0) is 16.0 Å². The number of amides is 1. The summed E-state index contributed by atoms with van der Waals surface area (Å²) in [5.41, 5.74) is 2.32. The molecule has 2 rings (SSSR count). The van der Waals surface area contributed by atoms with Gasteiger partial charge in [0.15, 0.2) is 6.10 Å². The van der Waals surface area contributed by atoms with Gasteiger partial charge in [-0.15, -0.1) is 0 Å². The van der Waals surface area contributed by atoms with E-state index in [4.69, 9.17) is 9.47 Å². The summed E-state index contributed by atoms with van der Waals surface area (Å²) < 4.78 is 10.6. The van der Waals surface area contributed by atoms with Gasteiger partial charge in [-0.2, -0.15) is 0 Å². The zero-order valence-corrected chi connectivity index (χ0v) is 14.7. The van der Waals surface area contributed by atoms with Gasteiger partial charge in [-0.05, 0) is 56.2 Å². The Morgan fingerprint density at radius 1 is 1.08 bits per heavy atom. The molecule has 0 aliphatic carbocycles. The van der Waals surface area contributed by atoms with E-state index in [2.05, 4.69) is 12.2 Å². The molecule has 0 saturated carbocycles. The molecular weight excluding hydrogens is 318 g/mol. The van der Waals surface area contributed by atoms with Crippen molar-refractivity contribution in [3.05, 3.63) is 59.7 Å². The van der Waals surface area contributed by atoms with E-state index in [1.165, 1.54) is 5.56 Å². The van der Waals surface area contributed by atoms with E-state index in [0.29, 0.717) is 17.9 Å². The maximum absolute atomic E-state index is 12.3. The van der Waals surface area contributed by atoms with E-state index in [1.807, 2.05) is 24.3 Å². The predicted molar refractivity (Wildman–Crippen MR) is 96.9 cm³/mol. The normalized spacial score (nSPS) is 11.5. The zero-order chi connectivity index (χ0) is 18.2. The van der Waals surface area contributed by atoms with Crippen molar-refractivity contribution in [1.29, 1.82) is 0 Å². The quantitative estimate of drug-likeness (QED) is 0.777. The summed E-state index contributed by atoms with van der Waals surface area (Å²) in [5, 5.41) is 2.82. The molecule has 0 bridgehead atoms. The van der Waals surface area contributed by atoms with E-state index in [0.717, 1.165) is 12.1 Å². The second kappa shape index (κ2) is 8.87. The van der Waals surface area contributed by atoms with Crippen molar-refractivity contribution in [3.63, 3.8) is 0 Å². The van der Waals surface area contributed by atoms with Crippen LogP contribution in [0.15, 0.2) is 48.5 Å². The van der Waals surface area contributed by atoms with Crippen LogP contribution in [0.5, 0.6) is 5.75 Å². The molecule has 0 aliphatic rings. The Kier molecular flexibility index (Phi) is 6.57. The highest BCUT2D eigenvalue weighted by Gasteiger charge is 2.16. The summed E-state index contributed by atoms with van der Waals surface area (Å²) in [5.74, 6) is -0.235. The van der Waals surface area contributed by atoms with Crippen LogP contribution in [0.25, 0.3) is 0 Å². The average molecular weight is 341 g/mol. The predicted octanol–water partition coefficient (Wildman–Crippen LogP) is 3.83. The highest BCUT2D eigenvalue weighted by atomic mass is 16.5. The third-order valence-electron chi connectivity index (χ3n) is 3.66. The fourth-order valence-corrected chi connectivity index (χ4v) is 2.24. The maximum atomic E-state index is 12.3. The summed E-state index contributed by atoms with van der Waals surface area (Å²) >= 11 is 0. The van der Waals surface area contributed by atoms with Crippen molar-refractivity contribution in [2.45, 2.75) is 33.3 Å². The molecule has 0 saturated heterocycles. The number of carbonyl (C=O) groups is 2. The number of hydrogen-bond acceptors (Lipinski definition) is 4. The van der Waals surface area contributed by atoms with E-state index in [9.17, 15) is 9.59 Å². The minimum Gasteiger partial charge on any atom is -0.481 e. The molecule has 1 atom stereocenters. The molecular formula is C20H23NO4. The Bertz CT molecular complexity index is 725. The molecule has 0 aliphatic heterocycles. The molecule has 0 spiro atoms. The lowest BCUT2D eigenvalue weighted by Gasteiger charge is -2.15. The van der Waals surface area contributed by atoms with Crippen molar-refractivity contribution in [3.8, 4) is 5.75 Å². The number of esters is 1. The monoisotopic (exact) mass is 341 g/mol. The molecule has 25 heavy (non-hydrogen) atoms. The number of nitrogens with one attached hydrogen (secondary N) is 1. The van der Waals surface area contributed by atoms with Crippen LogP contribution in [-0.4, -0.2) is 24.6 Å². The Morgan fingerprint density at radius 3 is 2.44 bits per heavy atom. The smallest absolute Gasteiger partial charge is 0.338 e. The lowest BCUT2D eigenvalue weighted by atomic mass is 10.1. The summed E-state index contributed by atoms with van der Waals surface area (Å²) in [6.45, 7) is 5.79. The number of carbonyl (C=O) groups excluding carboxylic acids is 2. The van der Waals surface area contributed by atoms with Gasteiger partial charge in [-0.3, -0.25) is 4.79 Å². The van der Waals surface area contributed by atoms with Crippen LogP contribution in [0.4, 0.5) is 5.69 Å². The van der Waals surface area contributed by atoms with Crippen LogP contribution in [0, 0.1) is 0 Å². The number of hydrogen-bond donors (Lipinski definition) is 1. The minimum atomic E-state index is -0.705. The number of anilines is 1. The van der Waals surface area contributed by atoms with Crippen LogP contribution >= 0.6 is 0 Å².